The molecule has 24 heavy (non-hydrogen) atoms. The van der Waals surface area contributed by atoms with E-state index in [4.69, 9.17) is 4.52 Å². The van der Waals surface area contributed by atoms with Crippen molar-refractivity contribution in [2.75, 3.05) is 0 Å². The Morgan fingerprint density at radius 2 is 1.79 bits per heavy atom. The summed E-state index contributed by atoms with van der Waals surface area (Å²) in [7, 11) is -3.69. The number of thiophene rings is 1. The quantitative estimate of drug-likeness (QED) is 0.656. The van der Waals surface area contributed by atoms with Gasteiger partial charge in [0.15, 0.2) is 0 Å². The van der Waals surface area contributed by atoms with E-state index < -0.39 is 10.0 Å². The predicted octanol–water partition coefficient (Wildman–Crippen LogP) is 4.14. The summed E-state index contributed by atoms with van der Waals surface area (Å²) in [6.45, 7) is 5.63. The van der Waals surface area contributed by atoms with E-state index in [2.05, 4.69) is 9.55 Å². The standard InChI is InChI=1S/C17H16N2O3S2/c1-11-4-7-15(8-5-11)24(20,21)18-10-14-6-9-16(23-14)17-12(2)19-22-13(17)3/h4-10H,1-3H3. The highest BCUT2D eigenvalue weighted by Crippen LogP contribution is 2.32. The lowest BCUT2D eigenvalue weighted by Gasteiger charge is -1.98. The first-order valence-electron chi connectivity index (χ1n) is 7.27. The molecular formula is C17H16N2O3S2. The van der Waals surface area contributed by atoms with Gasteiger partial charge in [-0.1, -0.05) is 22.9 Å². The Morgan fingerprint density at radius 3 is 2.42 bits per heavy atom. The van der Waals surface area contributed by atoms with Crippen molar-refractivity contribution in [1.29, 1.82) is 0 Å². The maximum Gasteiger partial charge on any atom is 0.282 e. The number of hydrogen-bond donors (Lipinski definition) is 0. The Balaban J connectivity index is 1.87. The van der Waals surface area contributed by atoms with E-state index >= 15 is 0 Å². The van der Waals surface area contributed by atoms with Crippen LogP contribution in [0.25, 0.3) is 10.4 Å². The molecule has 3 rings (SSSR count). The summed E-state index contributed by atoms with van der Waals surface area (Å²) in [4.78, 5) is 1.91. The summed E-state index contributed by atoms with van der Waals surface area (Å²) < 4.78 is 33.4. The molecule has 0 saturated heterocycles. The lowest BCUT2D eigenvalue weighted by molar-refractivity contribution is 0.393. The number of aryl methyl sites for hydroxylation is 3. The normalized spacial score (nSPS) is 12.1. The molecule has 2 aromatic heterocycles. The Hall–Kier alpha value is -2.25. The van der Waals surface area contributed by atoms with Gasteiger partial charge >= 0.3 is 0 Å². The second-order valence-corrected chi connectivity index (χ2v) is 8.17. The molecule has 0 spiro atoms. The van der Waals surface area contributed by atoms with E-state index in [9.17, 15) is 8.42 Å². The van der Waals surface area contributed by atoms with Crippen molar-refractivity contribution in [3.8, 4) is 10.4 Å². The predicted molar refractivity (Wildman–Crippen MR) is 95.2 cm³/mol. The number of hydrogen-bond acceptors (Lipinski definition) is 5. The van der Waals surface area contributed by atoms with Gasteiger partial charge in [0.1, 0.15) is 5.76 Å². The molecule has 7 heteroatoms. The molecule has 0 aliphatic rings. The van der Waals surface area contributed by atoms with Gasteiger partial charge in [-0.25, -0.2) is 0 Å². The van der Waals surface area contributed by atoms with Crippen LogP contribution in [0.5, 0.6) is 0 Å². The van der Waals surface area contributed by atoms with Gasteiger partial charge in [-0.3, -0.25) is 0 Å². The molecule has 3 aromatic rings. The minimum absolute atomic E-state index is 0.187. The number of nitrogens with zero attached hydrogens (tertiary/aromatic N) is 2. The van der Waals surface area contributed by atoms with Crippen LogP contribution in [0, 0.1) is 20.8 Å². The Labute approximate surface area is 144 Å². The van der Waals surface area contributed by atoms with Crippen molar-refractivity contribution >= 4 is 27.6 Å². The molecule has 0 saturated carbocycles. The average Bonchev–Trinajstić information content (AvgIpc) is 3.12. The van der Waals surface area contributed by atoms with E-state index in [1.54, 1.807) is 24.3 Å². The molecule has 0 bridgehead atoms. The van der Waals surface area contributed by atoms with Crippen LogP contribution in [-0.4, -0.2) is 19.8 Å². The van der Waals surface area contributed by atoms with Crippen molar-refractivity contribution in [3.05, 3.63) is 58.3 Å². The monoisotopic (exact) mass is 360 g/mol. The fourth-order valence-electron chi connectivity index (χ4n) is 2.28. The largest absolute Gasteiger partial charge is 0.361 e. The molecule has 5 nitrogen and oxygen atoms in total. The van der Waals surface area contributed by atoms with Gasteiger partial charge in [0.25, 0.3) is 10.0 Å². The van der Waals surface area contributed by atoms with Gasteiger partial charge in [0, 0.05) is 9.75 Å². The van der Waals surface area contributed by atoms with Gasteiger partial charge in [0.2, 0.25) is 0 Å². The molecular weight excluding hydrogens is 344 g/mol. The number of sulfonamides is 1. The lowest BCUT2D eigenvalue weighted by Crippen LogP contribution is -1.97. The minimum atomic E-state index is -3.69. The first-order valence-corrected chi connectivity index (χ1v) is 9.52. The molecule has 0 amide bonds. The molecule has 0 atom stereocenters. The number of aromatic nitrogens is 1. The fourth-order valence-corrected chi connectivity index (χ4v) is 4.23. The zero-order valence-corrected chi connectivity index (χ0v) is 15.1. The molecule has 0 fully saturated rings. The highest BCUT2D eigenvalue weighted by atomic mass is 32.2. The first-order chi connectivity index (χ1) is 11.4. The van der Waals surface area contributed by atoms with Crippen LogP contribution < -0.4 is 0 Å². The van der Waals surface area contributed by atoms with Gasteiger partial charge in [-0.05, 0) is 45.0 Å². The Bertz CT molecular complexity index is 977. The molecule has 0 N–H and O–H groups in total. The third-order valence-corrected chi connectivity index (χ3v) is 5.83. The van der Waals surface area contributed by atoms with Crippen LogP contribution in [0.15, 0.2) is 50.2 Å². The third kappa shape index (κ3) is 3.32. The summed E-state index contributed by atoms with van der Waals surface area (Å²) in [6, 6.07) is 10.4. The van der Waals surface area contributed by atoms with Gasteiger partial charge in [-0.15, -0.1) is 11.3 Å². The number of rotatable bonds is 4. The Kier molecular flexibility index (Phi) is 4.38. The van der Waals surface area contributed by atoms with Crippen molar-refractivity contribution < 1.29 is 12.9 Å². The van der Waals surface area contributed by atoms with Crippen LogP contribution in [0.2, 0.25) is 0 Å². The molecule has 0 aliphatic carbocycles. The summed E-state index contributed by atoms with van der Waals surface area (Å²) >= 11 is 1.44. The number of benzene rings is 1. The van der Waals surface area contributed by atoms with Crippen LogP contribution in [-0.2, 0) is 10.0 Å². The van der Waals surface area contributed by atoms with E-state index in [0.29, 0.717) is 0 Å². The minimum Gasteiger partial charge on any atom is -0.361 e. The summed E-state index contributed by atoms with van der Waals surface area (Å²) in [5.41, 5.74) is 2.76. The van der Waals surface area contributed by atoms with E-state index in [0.717, 1.165) is 32.3 Å². The van der Waals surface area contributed by atoms with Gasteiger partial charge < -0.3 is 4.52 Å². The van der Waals surface area contributed by atoms with Crippen LogP contribution in [0.1, 0.15) is 21.9 Å². The molecule has 0 unspecified atom stereocenters. The maximum absolute atomic E-state index is 12.2. The zero-order valence-electron chi connectivity index (χ0n) is 13.5. The van der Waals surface area contributed by atoms with Crippen LogP contribution >= 0.6 is 11.3 Å². The summed E-state index contributed by atoms with van der Waals surface area (Å²) in [6.07, 6.45) is 1.38. The molecule has 0 radical (unpaired) electrons. The third-order valence-electron chi connectivity index (χ3n) is 3.54. The van der Waals surface area contributed by atoms with E-state index in [-0.39, 0.29) is 4.90 Å². The smallest absolute Gasteiger partial charge is 0.282 e. The highest BCUT2D eigenvalue weighted by molar-refractivity contribution is 7.90. The van der Waals surface area contributed by atoms with Crippen LogP contribution in [0.4, 0.5) is 0 Å². The van der Waals surface area contributed by atoms with Crippen molar-refractivity contribution in [2.45, 2.75) is 25.7 Å². The highest BCUT2D eigenvalue weighted by Gasteiger charge is 2.14. The van der Waals surface area contributed by atoms with Gasteiger partial charge in [0.05, 0.1) is 22.4 Å². The average molecular weight is 360 g/mol. The van der Waals surface area contributed by atoms with Crippen molar-refractivity contribution in [1.82, 2.24) is 5.16 Å². The molecule has 0 aliphatic heterocycles. The van der Waals surface area contributed by atoms with Crippen molar-refractivity contribution in [3.63, 3.8) is 0 Å². The molecule has 124 valence electrons. The van der Waals surface area contributed by atoms with Crippen molar-refractivity contribution in [2.24, 2.45) is 4.40 Å². The second kappa shape index (κ2) is 6.33. The topological polar surface area (TPSA) is 72.5 Å². The first kappa shape index (κ1) is 16.6. The summed E-state index contributed by atoms with van der Waals surface area (Å²) in [5.74, 6) is 0.741. The fraction of sp³-hybridized carbons (Fsp3) is 0.176. The maximum atomic E-state index is 12.2. The SMILES string of the molecule is Cc1ccc(S(=O)(=O)N=Cc2ccc(-c3c(C)noc3C)s2)cc1. The van der Waals surface area contributed by atoms with E-state index in [1.807, 2.05) is 32.9 Å². The van der Waals surface area contributed by atoms with Crippen LogP contribution in [0.3, 0.4) is 0 Å². The summed E-state index contributed by atoms with van der Waals surface area (Å²) in [5, 5.41) is 3.94. The lowest BCUT2D eigenvalue weighted by atomic mass is 10.2. The second-order valence-electron chi connectivity index (χ2n) is 5.42. The van der Waals surface area contributed by atoms with Gasteiger partial charge in [-0.2, -0.15) is 12.8 Å². The zero-order chi connectivity index (χ0) is 17.3. The van der Waals surface area contributed by atoms with E-state index in [1.165, 1.54) is 17.6 Å². The Morgan fingerprint density at radius 1 is 1.08 bits per heavy atom. The molecule has 1 aromatic carbocycles. The molecule has 2 heterocycles.